The summed E-state index contributed by atoms with van der Waals surface area (Å²) in [6, 6.07) is 9.18. The Kier molecular flexibility index (Phi) is 6.93. The number of anilines is 3. The Morgan fingerprint density at radius 2 is 1.82 bits per heavy atom. The minimum Gasteiger partial charge on any atom is -0.369 e. The molecule has 4 heterocycles. The monoisotopic (exact) mass is 487 g/mol. The lowest BCUT2D eigenvalue weighted by atomic mass is 9.88. The zero-order valence-corrected chi connectivity index (χ0v) is 21.2. The van der Waals surface area contributed by atoms with Crippen LogP contribution in [-0.2, 0) is 10.8 Å². The van der Waals surface area contributed by atoms with Crippen molar-refractivity contribution in [2.75, 3.05) is 68.0 Å². The molecule has 0 unspecified atom stereocenters. The fourth-order valence-electron chi connectivity index (χ4n) is 5.42. The fraction of sp³-hybridized carbons (Fsp3) is 0.560. The minimum absolute atomic E-state index is 0.549. The van der Waals surface area contributed by atoms with E-state index in [-0.39, 0.29) is 0 Å². The van der Waals surface area contributed by atoms with Gasteiger partial charge in [0.25, 0.3) is 0 Å². The standard InChI is InChI=1S/C25H34ClN5OS/c1-18-24(31-9-11-33(32)12-10-31)3-6-27-25(18)28-22-14-20(13-21(26)15-22)19-4-7-30(8-5-19)23-16-29(2)17-23/h3,6,13-15,19,23H,4-5,7-12,16-17H2,1-2H3,(H,27,28). The normalized spacial score (nSPS) is 21.8. The summed E-state index contributed by atoms with van der Waals surface area (Å²) in [5, 5.41) is 4.30. The molecule has 3 aliphatic rings. The summed E-state index contributed by atoms with van der Waals surface area (Å²) < 4.78 is 11.8. The largest absolute Gasteiger partial charge is 0.369 e. The van der Waals surface area contributed by atoms with Crippen molar-refractivity contribution in [1.29, 1.82) is 0 Å². The maximum atomic E-state index is 11.8. The minimum atomic E-state index is -0.683. The molecule has 1 aromatic heterocycles. The second-order valence-electron chi connectivity index (χ2n) is 9.72. The predicted octanol–water partition coefficient (Wildman–Crippen LogP) is 3.85. The van der Waals surface area contributed by atoms with E-state index in [0.717, 1.165) is 52.7 Å². The Balaban J connectivity index is 1.28. The molecule has 2 aromatic rings. The van der Waals surface area contributed by atoms with Crippen molar-refractivity contribution >= 4 is 39.6 Å². The number of hydrogen-bond donors (Lipinski definition) is 1. The first-order valence-electron chi connectivity index (χ1n) is 12.0. The van der Waals surface area contributed by atoms with Gasteiger partial charge in [-0.2, -0.15) is 0 Å². The highest BCUT2D eigenvalue weighted by Crippen LogP contribution is 2.35. The molecule has 3 aliphatic heterocycles. The number of nitrogens with zero attached hydrogens (tertiary/aromatic N) is 4. The number of aromatic nitrogens is 1. The highest BCUT2D eigenvalue weighted by molar-refractivity contribution is 7.85. The van der Waals surface area contributed by atoms with E-state index in [9.17, 15) is 4.21 Å². The van der Waals surface area contributed by atoms with Gasteiger partial charge in [-0.1, -0.05) is 11.6 Å². The molecule has 0 amide bonds. The van der Waals surface area contributed by atoms with Crippen LogP contribution in [0.4, 0.5) is 17.2 Å². The Bertz CT molecular complexity index is 1010. The summed E-state index contributed by atoms with van der Waals surface area (Å²) in [6.45, 7) is 8.51. The number of piperidine rings is 1. The fourth-order valence-corrected chi connectivity index (χ4v) is 6.72. The van der Waals surface area contributed by atoms with E-state index in [4.69, 9.17) is 11.6 Å². The zero-order valence-electron chi connectivity index (χ0n) is 19.6. The van der Waals surface area contributed by atoms with Crippen LogP contribution >= 0.6 is 11.6 Å². The van der Waals surface area contributed by atoms with E-state index in [0.29, 0.717) is 5.92 Å². The average Bonchev–Trinajstić information content (AvgIpc) is 2.79. The molecular weight excluding hydrogens is 454 g/mol. The molecule has 3 fully saturated rings. The van der Waals surface area contributed by atoms with Gasteiger partial charge in [0.15, 0.2) is 0 Å². The Labute approximate surface area is 204 Å². The third-order valence-electron chi connectivity index (χ3n) is 7.44. The number of likely N-dealkylation sites (tertiary alicyclic amines) is 2. The summed E-state index contributed by atoms with van der Waals surface area (Å²) in [7, 11) is 1.52. The van der Waals surface area contributed by atoms with E-state index in [1.54, 1.807) is 0 Å². The molecule has 8 heteroatoms. The Morgan fingerprint density at radius 1 is 1.09 bits per heavy atom. The molecule has 0 aliphatic carbocycles. The second-order valence-corrected chi connectivity index (χ2v) is 11.9. The van der Waals surface area contributed by atoms with Crippen LogP contribution in [0.25, 0.3) is 0 Å². The molecule has 3 saturated heterocycles. The van der Waals surface area contributed by atoms with Crippen LogP contribution in [0.1, 0.15) is 29.9 Å². The van der Waals surface area contributed by atoms with Crippen LogP contribution in [0, 0.1) is 6.92 Å². The molecule has 1 N–H and O–H groups in total. The van der Waals surface area contributed by atoms with Gasteiger partial charge in [0.05, 0.1) is 0 Å². The molecular formula is C25H34ClN5OS. The summed E-state index contributed by atoms with van der Waals surface area (Å²) in [5.74, 6) is 2.88. The number of rotatable bonds is 5. The summed E-state index contributed by atoms with van der Waals surface area (Å²) in [4.78, 5) is 12.0. The summed E-state index contributed by atoms with van der Waals surface area (Å²) in [5.41, 5.74) is 4.60. The highest BCUT2D eigenvalue weighted by Gasteiger charge is 2.32. The van der Waals surface area contributed by atoms with E-state index in [1.165, 1.54) is 50.3 Å². The molecule has 0 saturated carbocycles. The summed E-state index contributed by atoms with van der Waals surface area (Å²) in [6.07, 6.45) is 4.22. The summed E-state index contributed by atoms with van der Waals surface area (Å²) >= 11 is 6.56. The SMILES string of the molecule is Cc1c(N2CCS(=O)CC2)ccnc1Nc1cc(Cl)cc(C2CCN(C3CN(C)C3)CC2)c1. The number of pyridine rings is 1. The molecule has 1 aromatic carbocycles. The molecule has 0 spiro atoms. The van der Waals surface area contributed by atoms with Gasteiger partial charge >= 0.3 is 0 Å². The first kappa shape index (κ1) is 23.1. The molecule has 0 bridgehead atoms. The maximum absolute atomic E-state index is 11.8. The smallest absolute Gasteiger partial charge is 0.135 e. The zero-order chi connectivity index (χ0) is 22.9. The highest BCUT2D eigenvalue weighted by atomic mass is 35.5. The second kappa shape index (κ2) is 9.90. The number of benzene rings is 1. The van der Waals surface area contributed by atoms with Crippen molar-refractivity contribution in [2.45, 2.75) is 31.7 Å². The van der Waals surface area contributed by atoms with Crippen LogP contribution in [-0.4, -0.2) is 82.9 Å². The van der Waals surface area contributed by atoms with Crippen molar-refractivity contribution in [3.8, 4) is 0 Å². The average molecular weight is 488 g/mol. The van der Waals surface area contributed by atoms with Crippen LogP contribution < -0.4 is 10.2 Å². The molecule has 0 atom stereocenters. The van der Waals surface area contributed by atoms with Gasteiger partial charge in [0.2, 0.25) is 0 Å². The lowest BCUT2D eigenvalue weighted by Gasteiger charge is -2.46. The number of likely N-dealkylation sites (N-methyl/N-ethyl adjacent to an activating group) is 1. The van der Waals surface area contributed by atoms with E-state index in [2.05, 4.69) is 57.2 Å². The van der Waals surface area contributed by atoms with E-state index >= 15 is 0 Å². The van der Waals surface area contributed by atoms with Crippen molar-refractivity contribution in [3.05, 3.63) is 46.6 Å². The van der Waals surface area contributed by atoms with Crippen molar-refractivity contribution in [1.82, 2.24) is 14.8 Å². The number of halogens is 1. The van der Waals surface area contributed by atoms with Gasteiger partial charge in [-0.05, 0) is 75.6 Å². The lowest BCUT2D eigenvalue weighted by Crippen LogP contribution is -2.59. The maximum Gasteiger partial charge on any atom is 0.135 e. The topological polar surface area (TPSA) is 51.7 Å². The van der Waals surface area contributed by atoms with Crippen molar-refractivity contribution in [3.63, 3.8) is 0 Å². The Hall–Kier alpha value is -1.67. The van der Waals surface area contributed by atoms with Gasteiger partial charge < -0.3 is 15.1 Å². The molecule has 33 heavy (non-hydrogen) atoms. The van der Waals surface area contributed by atoms with Crippen LogP contribution in [0.2, 0.25) is 5.02 Å². The predicted molar refractivity (Wildman–Crippen MR) is 139 cm³/mol. The lowest BCUT2D eigenvalue weighted by molar-refractivity contribution is 0.0363. The number of hydrogen-bond acceptors (Lipinski definition) is 6. The Morgan fingerprint density at radius 3 is 2.52 bits per heavy atom. The van der Waals surface area contributed by atoms with Gasteiger partial charge in [-0.25, -0.2) is 4.98 Å². The van der Waals surface area contributed by atoms with E-state index in [1.807, 2.05) is 12.3 Å². The van der Waals surface area contributed by atoms with Crippen LogP contribution in [0.5, 0.6) is 0 Å². The van der Waals surface area contributed by atoms with Gasteiger partial charge in [0.1, 0.15) is 5.82 Å². The van der Waals surface area contributed by atoms with Gasteiger partial charge in [-0.3, -0.25) is 9.11 Å². The van der Waals surface area contributed by atoms with Crippen molar-refractivity contribution in [2.24, 2.45) is 0 Å². The molecule has 6 nitrogen and oxygen atoms in total. The van der Waals surface area contributed by atoms with Crippen LogP contribution in [0.3, 0.4) is 0 Å². The molecule has 5 rings (SSSR count). The number of nitrogens with one attached hydrogen (secondary N) is 1. The molecule has 0 radical (unpaired) electrons. The molecule has 178 valence electrons. The first-order valence-corrected chi connectivity index (χ1v) is 13.9. The van der Waals surface area contributed by atoms with Gasteiger partial charge in [0, 0.05) is 82.7 Å². The van der Waals surface area contributed by atoms with Crippen molar-refractivity contribution < 1.29 is 4.21 Å². The third-order valence-corrected chi connectivity index (χ3v) is 8.93. The first-order chi connectivity index (χ1) is 16.0. The van der Waals surface area contributed by atoms with E-state index < -0.39 is 10.8 Å². The van der Waals surface area contributed by atoms with Gasteiger partial charge in [-0.15, -0.1) is 0 Å². The third kappa shape index (κ3) is 5.21. The quantitative estimate of drug-likeness (QED) is 0.691. The van der Waals surface area contributed by atoms with Crippen LogP contribution in [0.15, 0.2) is 30.5 Å².